The number of hydrogen-bond acceptors (Lipinski definition) is 4. The highest BCUT2D eigenvalue weighted by atomic mass is 16.5. The Bertz CT molecular complexity index is 730. The maximum atomic E-state index is 12.3. The fourth-order valence-electron chi connectivity index (χ4n) is 2.83. The molecule has 2 rings (SSSR count). The molecule has 0 spiro atoms. The third kappa shape index (κ3) is 2.81. The number of nitrogens with zero attached hydrogens (tertiary/aromatic N) is 2. The summed E-state index contributed by atoms with van der Waals surface area (Å²) < 4.78 is 12.8. The molecule has 0 radical (unpaired) electrons. The van der Waals surface area contributed by atoms with Crippen molar-refractivity contribution < 1.29 is 19.1 Å². The van der Waals surface area contributed by atoms with Gasteiger partial charge in [-0.3, -0.25) is 9.13 Å². The summed E-state index contributed by atoms with van der Waals surface area (Å²) in [6.45, 7) is 12.2. The van der Waals surface area contributed by atoms with Crippen LogP contribution in [-0.2, 0) is 20.3 Å². The Hall–Kier alpha value is -2.24. The zero-order valence-electron chi connectivity index (χ0n) is 15.7. The van der Waals surface area contributed by atoms with Gasteiger partial charge < -0.3 is 9.47 Å². The predicted octanol–water partition coefficient (Wildman–Crippen LogP) is 4.27. The summed E-state index contributed by atoms with van der Waals surface area (Å²) in [4.78, 5) is 24.6. The first-order valence-corrected chi connectivity index (χ1v) is 7.87. The Morgan fingerprint density at radius 1 is 0.750 bits per heavy atom. The van der Waals surface area contributed by atoms with E-state index in [1.807, 2.05) is 41.5 Å². The van der Waals surface area contributed by atoms with Crippen LogP contribution in [0.4, 0.5) is 9.59 Å². The number of carbonyl (C=O) groups excluding carboxylic acids is 2. The summed E-state index contributed by atoms with van der Waals surface area (Å²) in [6, 6.07) is 0. The van der Waals surface area contributed by atoms with Gasteiger partial charge in [0.25, 0.3) is 0 Å². The molecule has 6 nitrogen and oxygen atoms in total. The molecule has 0 N–H and O–H groups in total. The minimum absolute atomic E-state index is 0.267. The molecule has 0 saturated carbocycles. The van der Waals surface area contributed by atoms with Crippen molar-refractivity contribution in [3.8, 4) is 0 Å². The van der Waals surface area contributed by atoms with Crippen molar-refractivity contribution in [1.29, 1.82) is 0 Å². The van der Waals surface area contributed by atoms with E-state index in [0.717, 1.165) is 11.1 Å². The van der Waals surface area contributed by atoms with Crippen LogP contribution in [-0.4, -0.2) is 35.5 Å². The fourth-order valence-corrected chi connectivity index (χ4v) is 2.83. The number of fused-ring (bicyclic) bond motifs is 1. The highest BCUT2D eigenvalue weighted by Crippen LogP contribution is 2.39. The second-order valence-corrected chi connectivity index (χ2v) is 7.96. The highest BCUT2D eigenvalue weighted by molar-refractivity contribution is 5.98. The number of methoxy groups -OCH3 is 2. The molecule has 0 bridgehead atoms. The Labute approximate surface area is 142 Å². The molecule has 0 fully saturated rings. The molecule has 0 aliphatic heterocycles. The minimum atomic E-state index is -0.483. The van der Waals surface area contributed by atoms with Crippen LogP contribution in [0, 0.1) is 0 Å². The normalized spacial score (nSPS) is 12.5. The molecule has 2 aromatic rings. The first-order chi connectivity index (χ1) is 10.9. The van der Waals surface area contributed by atoms with Gasteiger partial charge in [0.05, 0.1) is 25.3 Å². The summed E-state index contributed by atoms with van der Waals surface area (Å²) >= 11 is 0. The number of carbonyl (C=O) groups is 2. The molecule has 0 atom stereocenters. The maximum Gasteiger partial charge on any atom is 0.418 e. The van der Waals surface area contributed by atoms with Crippen molar-refractivity contribution in [3.05, 3.63) is 23.5 Å². The molecule has 0 saturated heterocycles. The summed E-state index contributed by atoms with van der Waals surface area (Å²) in [5.41, 5.74) is 2.59. The Morgan fingerprint density at radius 3 is 1.25 bits per heavy atom. The lowest BCUT2D eigenvalue weighted by Crippen LogP contribution is -2.17. The van der Waals surface area contributed by atoms with Gasteiger partial charge in [-0.05, 0) is 10.8 Å². The smallest absolute Gasteiger partial charge is 0.418 e. The highest BCUT2D eigenvalue weighted by Gasteiger charge is 2.32. The molecule has 6 heteroatoms. The van der Waals surface area contributed by atoms with Gasteiger partial charge in [-0.15, -0.1) is 0 Å². The standard InChI is InChI=1S/C18H26N2O4/c1-17(2,3)11-9-19(15(21)23-7)14-12(18(4,5)6)10-20(13(11)14)16(22)24-8/h9-10H,1-8H3. The number of ether oxygens (including phenoxy) is 2. The van der Waals surface area contributed by atoms with Crippen molar-refractivity contribution >= 4 is 23.2 Å². The molecule has 0 aromatic carbocycles. The summed E-state index contributed by atoms with van der Waals surface area (Å²) in [5, 5.41) is 0. The molecular weight excluding hydrogens is 308 g/mol. The summed E-state index contributed by atoms with van der Waals surface area (Å²) in [5.74, 6) is 0. The molecule has 24 heavy (non-hydrogen) atoms. The van der Waals surface area contributed by atoms with Crippen LogP contribution in [0.5, 0.6) is 0 Å². The quantitative estimate of drug-likeness (QED) is 0.722. The van der Waals surface area contributed by atoms with Gasteiger partial charge in [-0.2, -0.15) is 0 Å². The van der Waals surface area contributed by atoms with E-state index in [1.54, 1.807) is 12.4 Å². The van der Waals surface area contributed by atoms with Crippen LogP contribution >= 0.6 is 0 Å². The Kier molecular flexibility index (Phi) is 4.29. The average Bonchev–Trinajstić information content (AvgIpc) is 3.01. The molecule has 2 aromatic heterocycles. The minimum Gasteiger partial charge on any atom is -0.452 e. The number of aromatic nitrogens is 2. The maximum absolute atomic E-state index is 12.3. The monoisotopic (exact) mass is 334 g/mol. The van der Waals surface area contributed by atoms with Gasteiger partial charge >= 0.3 is 12.2 Å². The largest absolute Gasteiger partial charge is 0.452 e. The van der Waals surface area contributed by atoms with Crippen molar-refractivity contribution in [3.63, 3.8) is 0 Å². The van der Waals surface area contributed by atoms with Crippen molar-refractivity contribution in [1.82, 2.24) is 9.13 Å². The topological polar surface area (TPSA) is 62.5 Å². The molecule has 0 amide bonds. The summed E-state index contributed by atoms with van der Waals surface area (Å²) in [6.07, 6.45) is 2.54. The lowest BCUT2D eigenvalue weighted by Gasteiger charge is -2.18. The van der Waals surface area contributed by atoms with Gasteiger partial charge in [0, 0.05) is 23.5 Å². The van der Waals surface area contributed by atoms with Crippen LogP contribution in [0.3, 0.4) is 0 Å². The SMILES string of the molecule is COC(=O)n1cc(C(C)(C)C)c2c1c(C(C)(C)C)cn2C(=O)OC. The number of hydrogen-bond donors (Lipinski definition) is 0. The molecule has 132 valence electrons. The first kappa shape index (κ1) is 18.1. The second-order valence-electron chi connectivity index (χ2n) is 7.96. The van der Waals surface area contributed by atoms with Gasteiger partial charge in [-0.25, -0.2) is 9.59 Å². The Balaban J connectivity index is 3.03. The van der Waals surface area contributed by atoms with E-state index < -0.39 is 12.2 Å². The number of rotatable bonds is 0. The predicted molar refractivity (Wildman–Crippen MR) is 92.9 cm³/mol. The summed E-state index contributed by atoms with van der Waals surface area (Å²) in [7, 11) is 2.69. The molecule has 0 unspecified atom stereocenters. The zero-order valence-corrected chi connectivity index (χ0v) is 15.7. The van der Waals surface area contributed by atoms with Gasteiger partial charge in [-0.1, -0.05) is 41.5 Å². The van der Waals surface area contributed by atoms with Crippen LogP contribution in [0.2, 0.25) is 0 Å². The van der Waals surface area contributed by atoms with Gasteiger partial charge in [0.15, 0.2) is 0 Å². The Morgan fingerprint density at radius 2 is 1.04 bits per heavy atom. The lowest BCUT2D eigenvalue weighted by molar-refractivity contribution is 0.173. The van der Waals surface area contributed by atoms with E-state index in [-0.39, 0.29) is 10.8 Å². The van der Waals surface area contributed by atoms with E-state index in [2.05, 4.69) is 0 Å². The lowest BCUT2D eigenvalue weighted by atomic mass is 9.86. The molecule has 2 heterocycles. The van der Waals surface area contributed by atoms with Crippen molar-refractivity contribution in [2.75, 3.05) is 14.2 Å². The molecule has 0 aliphatic rings. The van der Waals surface area contributed by atoms with E-state index in [9.17, 15) is 9.59 Å². The van der Waals surface area contributed by atoms with Crippen molar-refractivity contribution in [2.24, 2.45) is 0 Å². The van der Waals surface area contributed by atoms with E-state index in [0.29, 0.717) is 11.0 Å². The van der Waals surface area contributed by atoms with Crippen LogP contribution in [0.25, 0.3) is 11.0 Å². The average molecular weight is 334 g/mol. The van der Waals surface area contributed by atoms with Gasteiger partial charge in [0.2, 0.25) is 0 Å². The molecule has 0 aliphatic carbocycles. The van der Waals surface area contributed by atoms with E-state index in [4.69, 9.17) is 9.47 Å². The first-order valence-electron chi connectivity index (χ1n) is 7.87. The third-order valence-electron chi connectivity index (χ3n) is 4.09. The molecular formula is C18H26N2O4. The van der Waals surface area contributed by atoms with E-state index >= 15 is 0 Å². The second kappa shape index (κ2) is 5.69. The fraction of sp³-hybridized carbons (Fsp3) is 0.556. The van der Waals surface area contributed by atoms with Crippen molar-refractivity contribution in [2.45, 2.75) is 52.4 Å². The van der Waals surface area contributed by atoms with Gasteiger partial charge in [0.1, 0.15) is 0 Å². The van der Waals surface area contributed by atoms with Crippen LogP contribution in [0.15, 0.2) is 12.4 Å². The van der Waals surface area contributed by atoms with Crippen LogP contribution in [0.1, 0.15) is 52.7 Å². The van der Waals surface area contributed by atoms with E-state index in [1.165, 1.54) is 23.4 Å². The third-order valence-corrected chi connectivity index (χ3v) is 4.09. The van der Waals surface area contributed by atoms with Crippen LogP contribution < -0.4 is 0 Å². The zero-order chi connectivity index (χ0) is 18.4.